The maximum Gasteiger partial charge on any atom is 0.240 e. The number of halogens is 1. The summed E-state index contributed by atoms with van der Waals surface area (Å²) in [6.45, 7) is 2.35. The van der Waals surface area contributed by atoms with Gasteiger partial charge in [0.05, 0.1) is 34.2 Å². The number of methoxy groups -OCH3 is 3. The zero-order chi connectivity index (χ0) is 21.2. The third kappa shape index (κ3) is 6.57. The Hall–Kier alpha value is -2.93. The number of amides is 1. The molecule has 156 valence electrons. The number of nitrogens with zero attached hydrogens (tertiary/aromatic N) is 1. The summed E-state index contributed by atoms with van der Waals surface area (Å²) in [5, 5.41) is 4.64. The topological polar surface area (TPSA) is 78.4 Å². The minimum absolute atomic E-state index is 0.204. The molecule has 1 amide bonds. The number of benzene rings is 2. The van der Waals surface area contributed by atoms with Crippen LogP contribution in [0.2, 0.25) is 5.02 Å². The Morgan fingerprint density at radius 2 is 1.76 bits per heavy atom. The minimum Gasteiger partial charge on any atom is -0.493 e. The minimum atomic E-state index is -0.204. The van der Waals surface area contributed by atoms with E-state index >= 15 is 0 Å². The van der Waals surface area contributed by atoms with Crippen LogP contribution >= 0.6 is 11.6 Å². The molecule has 2 aromatic carbocycles. The molecule has 0 aromatic heterocycles. The van der Waals surface area contributed by atoms with E-state index < -0.39 is 0 Å². The third-order valence-corrected chi connectivity index (χ3v) is 4.27. The summed E-state index contributed by atoms with van der Waals surface area (Å²) in [4.78, 5) is 11.9. The number of nitrogens with one attached hydrogen (secondary N) is 1. The van der Waals surface area contributed by atoms with Crippen LogP contribution in [-0.2, 0) is 4.79 Å². The summed E-state index contributed by atoms with van der Waals surface area (Å²) in [5.41, 5.74) is 4.15. The van der Waals surface area contributed by atoms with E-state index in [0.717, 1.165) is 11.3 Å². The molecule has 1 N–H and O–H groups in total. The lowest BCUT2D eigenvalue weighted by molar-refractivity contribution is -0.121. The van der Waals surface area contributed by atoms with Crippen molar-refractivity contribution in [2.45, 2.75) is 19.8 Å². The van der Waals surface area contributed by atoms with Crippen LogP contribution in [0.15, 0.2) is 35.4 Å². The van der Waals surface area contributed by atoms with Crippen molar-refractivity contribution in [2.24, 2.45) is 5.10 Å². The molecular formula is C21H25ClN2O5. The van der Waals surface area contributed by atoms with Gasteiger partial charge < -0.3 is 18.9 Å². The molecule has 0 aliphatic carbocycles. The second-order valence-corrected chi connectivity index (χ2v) is 6.55. The molecule has 0 heterocycles. The number of aryl methyl sites for hydroxylation is 1. The van der Waals surface area contributed by atoms with Gasteiger partial charge in [-0.25, -0.2) is 5.43 Å². The molecule has 0 spiro atoms. The van der Waals surface area contributed by atoms with Gasteiger partial charge >= 0.3 is 0 Å². The van der Waals surface area contributed by atoms with Crippen LogP contribution in [0, 0.1) is 6.92 Å². The lowest BCUT2D eigenvalue weighted by Crippen LogP contribution is -2.18. The smallest absolute Gasteiger partial charge is 0.240 e. The van der Waals surface area contributed by atoms with Gasteiger partial charge in [0, 0.05) is 17.0 Å². The molecule has 0 aliphatic heterocycles. The van der Waals surface area contributed by atoms with E-state index in [1.54, 1.807) is 18.2 Å². The maximum atomic E-state index is 11.9. The van der Waals surface area contributed by atoms with E-state index in [4.69, 9.17) is 30.5 Å². The fourth-order valence-electron chi connectivity index (χ4n) is 2.60. The first kappa shape index (κ1) is 22.4. The quantitative estimate of drug-likeness (QED) is 0.357. The molecule has 0 unspecified atom stereocenters. The second kappa shape index (κ2) is 11.2. The van der Waals surface area contributed by atoms with Crippen LogP contribution in [-0.4, -0.2) is 40.1 Å². The van der Waals surface area contributed by atoms with E-state index in [0.29, 0.717) is 47.3 Å². The van der Waals surface area contributed by atoms with Gasteiger partial charge in [-0.2, -0.15) is 5.10 Å². The molecule has 8 heteroatoms. The molecule has 0 saturated heterocycles. The maximum absolute atomic E-state index is 11.9. The number of hydrogen-bond donors (Lipinski definition) is 1. The third-order valence-electron chi connectivity index (χ3n) is 4.03. The summed E-state index contributed by atoms with van der Waals surface area (Å²) in [5.74, 6) is 2.07. The fourth-order valence-corrected chi connectivity index (χ4v) is 2.83. The highest BCUT2D eigenvalue weighted by Crippen LogP contribution is 2.37. The molecule has 0 radical (unpaired) electrons. The van der Waals surface area contributed by atoms with E-state index in [9.17, 15) is 4.79 Å². The van der Waals surface area contributed by atoms with Gasteiger partial charge in [-0.1, -0.05) is 11.6 Å². The van der Waals surface area contributed by atoms with Gasteiger partial charge in [-0.3, -0.25) is 4.79 Å². The highest BCUT2D eigenvalue weighted by atomic mass is 35.5. The van der Waals surface area contributed by atoms with Crippen LogP contribution in [0.3, 0.4) is 0 Å². The lowest BCUT2D eigenvalue weighted by atomic mass is 10.2. The van der Waals surface area contributed by atoms with Crippen LogP contribution in [0.1, 0.15) is 24.0 Å². The SMILES string of the molecule is COc1cc(/C=N/NC(=O)CCCOc2ccc(Cl)cc2C)cc(OC)c1OC. The second-order valence-electron chi connectivity index (χ2n) is 6.11. The van der Waals surface area contributed by atoms with Gasteiger partial charge in [0.2, 0.25) is 11.7 Å². The Morgan fingerprint density at radius 3 is 2.34 bits per heavy atom. The normalized spacial score (nSPS) is 10.7. The molecule has 0 fully saturated rings. The molecule has 2 aromatic rings. The molecule has 0 bridgehead atoms. The van der Waals surface area contributed by atoms with Gasteiger partial charge in [-0.15, -0.1) is 0 Å². The molecular weight excluding hydrogens is 396 g/mol. The van der Waals surface area contributed by atoms with Crippen molar-refractivity contribution in [1.29, 1.82) is 0 Å². The van der Waals surface area contributed by atoms with Gasteiger partial charge in [0.15, 0.2) is 11.5 Å². The van der Waals surface area contributed by atoms with Crippen molar-refractivity contribution in [3.8, 4) is 23.0 Å². The first-order valence-electron chi connectivity index (χ1n) is 8.99. The standard InChI is InChI=1S/C21H25ClN2O5/c1-14-10-16(22)7-8-17(14)29-9-5-6-20(25)24-23-13-15-11-18(26-2)21(28-4)19(12-15)27-3/h7-8,10-13H,5-6,9H2,1-4H3,(H,24,25)/b23-13+. The van der Waals surface area contributed by atoms with E-state index in [1.165, 1.54) is 27.5 Å². The first-order valence-corrected chi connectivity index (χ1v) is 9.37. The number of rotatable bonds is 10. The Labute approximate surface area is 175 Å². The molecule has 29 heavy (non-hydrogen) atoms. The number of ether oxygens (including phenoxy) is 4. The van der Waals surface area contributed by atoms with Gasteiger partial charge in [0.1, 0.15) is 5.75 Å². The number of hydrogen-bond acceptors (Lipinski definition) is 6. The fraction of sp³-hybridized carbons (Fsp3) is 0.333. The van der Waals surface area contributed by atoms with E-state index in [1.807, 2.05) is 19.1 Å². The first-order chi connectivity index (χ1) is 14.0. The zero-order valence-electron chi connectivity index (χ0n) is 17.0. The van der Waals surface area contributed by atoms with Crippen LogP contribution < -0.4 is 24.4 Å². The summed E-state index contributed by atoms with van der Waals surface area (Å²) in [6.07, 6.45) is 2.36. The predicted molar refractivity (Wildman–Crippen MR) is 113 cm³/mol. The molecule has 2 rings (SSSR count). The van der Waals surface area contributed by atoms with Crippen molar-refractivity contribution in [1.82, 2.24) is 5.43 Å². The van der Waals surface area contributed by atoms with E-state index in [2.05, 4.69) is 10.5 Å². The van der Waals surface area contributed by atoms with Crippen LogP contribution in [0.5, 0.6) is 23.0 Å². The summed E-state index contributed by atoms with van der Waals surface area (Å²) < 4.78 is 21.5. The van der Waals surface area contributed by atoms with Crippen molar-refractivity contribution in [2.75, 3.05) is 27.9 Å². The summed E-state index contributed by atoms with van der Waals surface area (Å²) in [7, 11) is 4.60. The Bertz CT molecular complexity index is 845. The monoisotopic (exact) mass is 420 g/mol. The summed E-state index contributed by atoms with van der Waals surface area (Å²) in [6, 6.07) is 8.90. The zero-order valence-corrected chi connectivity index (χ0v) is 17.7. The number of hydrazone groups is 1. The summed E-state index contributed by atoms with van der Waals surface area (Å²) >= 11 is 5.92. The van der Waals surface area contributed by atoms with Crippen molar-refractivity contribution in [3.63, 3.8) is 0 Å². The Balaban J connectivity index is 1.82. The highest BCUT2D eigenvalue weighted by molar-refractivity contribution is 6.30. The Morgan fingerprint density at radius 1 is 1.07 bits per heavy atom. The van der Waals surface area contributed by atoms with Crippen molar-refractivity contribution >= 4 is 23.7 Å². The molecule has 7 nitrogen and oxygen atoms in total. The number of carbonyl (C=O) groups excluding carboxylic acids is 1. The van der Waals surface area contributed by atoms with Crippen LogP contribution in [0.4, 0.5) is 0 Å². The Kier molecular flexibility index (Phi) is 8.61. The lowest BCUT2D eigenvalue weighted by Gasteiger charge is -2.12. The molecule has 0 aliphatic rings. The van der Waals surface area contributed by atoms with Crippen LogP contribution in [0.25, 0.3) is 0 Å². The number of carbonyl (C=O) groups is 1. The molecule has 0 saturated carbocycles. The molecule has 0 atom stereocenters. The average molecular weight is 421 g/mol. The highest BCUT2D eigenvalue weighted by Gasteiger charge is 2.12. The average Bonchev–Trinajstić information content (AvgIpc) is 2.71. The van der Waals surface area contributed by atoms with Crippen molar-refractivity contribution in [3.05, 3.63) is 46.5 Å². The predicted octanol–water partition coefficient (Wildman–Crippen LogP) is 3.98. The van der Waals surface area contributed by atoms with Gasteiger partial charge in [0.25, 0.3) is 0 Å². The van der Waals surface area contributed by atoms with Gasteiger partial charge in [-0.05, 0) is 49.2 Å². The van der Waals surface area contributed by atoms with Crippen molar-refractivity contribution < 1.29 is 23.7 Å². The largest absolute Gasteiger partial charge is 0.493 e. The van der Waals surface area contributed by atoms with E-state index in [-0.39, 0.29) is 5.91 Å².